The number of aryl methyl sites for hydroxylation is 3. The van der Waals surface area contributed by atoms with E-state index in [0.29, 0.717) is 17.9 Å². The first-order valence-corrected chi connectivity index (χ1v) is 11.3. The molecule has 0 unspecified atom stereocenters. The molecule has 2 aromatic rings. The van der Waals surface area contributed by atoms with Crippen LogP contribution in [0, 0.1) is 20.8 Å². The van der Waals surface area contributed by atoms with Gasteiger partial charge in [-0.15, -0.1) is 0 Å². The van der Waals surface area contributed by atoms with Crippen LogP contribution in [0.25, 0.3) is 0 Å². The van der Waals surface area contributed by atoms with E-state index in [9.17, 15) is 13.2 Å². The highest BCUT2D eigenvalue weighted by atomic mass is 32.2. The number of sulfone groups is 1. The molecule has 7 heteroatoms. The molecule has 28 heavy (non-hydrogen) atoms. The van der Waals surface area contributed by atoms with E-state index < -0.39 is 15.9 Å². The number of benzene rings is 1. The Hall–Kier alpha value is -2.28. The van der Waals surface area contributed by atoms with E-state index in [1.807, 2.05) is 51.1 Å². The number of carbonyl (C=O) groups excluding carboxylic acids is 1. The van der Waals surface area contributed by atoms with Crippen LogP contribution in [0.2, 0.25) is 0 Å². The summed E-state index contributed by atoms with van der Waals surface area (Å²) in [5, 5.41) is 0. The molecular formula is C21H27NO5S. The maximum Gasteiger partial charge on any atom is 0.264 e. The van der Waals surface area contributed by atoms with Gasteiger partial charge in [0, 0.05) is 6.04 Å². The number of ether oxygens (including phenoxy) is 1. The van der Waals surface area contributed by atoms with Crippen molar-refractivity contribution in [1.82, 2.24) is 4.90 Å². The number of carbonyl (C=O) groups is 1. The van der Waals surface area contributed by atoms with Crippen LogP contribution in [0.3, 0.4) is 0 Å². The molecule has 0 N–H and O–H groups in total. The lowest BCUT2D eigenvalue weighted by atomic mass is 10.1. The topological polar surface area (TPSA) is 76.8 Å². The average molecular weight is 406 g/mol. The minimum atomic E-state index is -3.12. The Morgan fingerprint density at radius 1 is 1.21 bits per heavy atom. The lowest BCUT2D eigenvalue weighted by Crippen LogP contribution is -2.46. The molecule has 1 aromatic carbocycles. The molecule has 3 rings (SSSR count). The molecule has 1 aliphatic rings. The molecule has 152 valence electrons. The van der Waals surface area contributed by atoms with Crippen molar-refractivity contribution in [3.05, 3.63) is 53.0 Å². The summed E-state index contributed by atoms with van der Waals surface area (Å²) in [6, 6.07) is 9.09. The Morgan fingerprint density at radius 3 is 2.43 bits per heavy atom. The highest BCUT2D eigenvalue weighted by Gasteiger charge is 2.37. The highest BCUT2D eigenvalue weighted by molar-refractivity contribution is 7.91. The van der Waals surface area contributed by atoms with Gasteiger partial charge in [0.1, 0.15) is 17.3 Å². The number of hydrogen-bond acceptors (Lipinski definition) is 5. The van der Waals surface area contributed by atoms with Crippen molar-refractivity contribution in [3.8, 4) is 5.75 Å². The first-order valence-electron chi connectivity index (χ1n) is 9.44. The minimum absolute atomic E-state index is 0.0191. The number of rotatable bonds is 6. The van der Waals surface area contributed by atoms with E-state index in [0.717, 1.165) is 16.9 Å². The smallest absolute Gasteiger partial charge is 0.264 e. The Morgan fingerprint density at radius 2 is 1.89 bits per heavy atom. The molecule has 0 saturated carbocycles. The van der Waals surface area contributed by atoms with E-state index in [1.165, 1.54) is 0 Å². The van der Waals surface area contributed by atoms with E-state index >= 15 is 0 Å². The molecule has 1 amide bonds. The quantitative estimate of drug-likeness (QED) is 0.738. The third-order valence-corrected chi connectivity index (χ3v) is 6.66. The van der Waals surface area contributed by atoms with Gasteiger partial charge in [0.25, 0.3) is 5.91 Å². The SMILES string of the molecule is Cc1cc(C)cc(O[C@@H](C)C(=O)N(Cc2ccc(C)o2)[C@@H]2CCS(=O)(=O)C2)c1. The largest absolute Gasteiger partial charge is 0.481 e. The van der Waals surface area contributed by atoms with Crippen molar-refractivity contribution in [2.24, 2.45) is 0 Å². The fraction of sp³-hybridized carbons (Fsp3) is 0.476. The molecule has 0 spiro atoms. The molecule has 2 atom stereocenters. The predicted octanol–water partition coefficient (Wildman–Crippen LogP) is 3.19. The molecule has 0 radical (unpaired) electrons. The van der Waals surface area contributed by atoms with Crippen LogP contribution in [-0.2, 0) is 21.2 Å². The van der Waals surface area contributed by atoms with Crippen LogP contribution in [0.5, 0.6) is 5.75 Å². The lowest BCUT2D eigenvalue weighted by Gasteiger charge is -2.30. The zero-order valence-corrected chi connectivity index (χ0v) is 17.6. The van der Waals surface area contributed by atoms with Gasteiger partial charge in [-0.1, -0.05) is 6.07 Å². The van der Waals surface area contributed by atoms with Gasteiger partial charge in [-0.3, -0.25) is 4.79 Å². The number of furan rings is 1. The van der Waals surface area contributed by atoms with Crippen molar-refractivity contribution < 1.29 is 22.4 Å². The Balaban J connectivity index is 1.80. The van der Waals surface area contributed by atoms with Gasteiger partial charge >= 0.3 is 0 Å². The normalized spacial score (nSPS) is 19.4. The molecule has 0 bridgehead atoms. The maximum atomic E-state index is 13.2. The summed E-state index contributed by atoms with van der Waals surface area (Å²) < 4.78 is 35.5. The second-order valence-corrected chi connectivity index (χ2v) is 9.85. The summed E-state index contributed by atoms with van der Waals surface area (Å²) in [5.41, 5.74) is 2.11. The van der Waals surface area contributed by atoms with Crippen molar-refractivity contribution in [1.29, 1.82) is 0 Å². The van der Waals surface area contributed by atoms with E-state index in [4.69, 9.17) is 9.15 Å². The first kappa shape index (κ1) is 20.5. The fourth-order valence-corrected chi connectivity index (χ4v) is 5.37. The Labute approximate surface area is 166 Å². The second kappa shape index (κ2) is 7.99. The fourth-order valence-electron chi connectivity index (χ4n) is 3.64. The van der Waals surface area contributed by atoms with Gasteiger partial charge in [0.05, 0.1) is 18.1 Å². The van der Waals surface area contributed by atoms with Gasteiger partial charge in [-0.25, -0.2) is 8.42 Å². The monoisotopic (exact) mass is 405 g/mol. The van der Waals surface area contributed by atoms with Crippen LogP contribution in [0.15, 0.2) is 34.7 Å². The van der Waals surface area contributed by atoms with Crippen molar-refractivity contribution >= 4 is 15.7 Å². The van der Waals surface area contributed by atoms with E-state index in [1.54, 1.807) is 11.8 Å². The third-order valence-electron chi connectivity index (χ3n) is 4.91. The van der Waals surface area contributed by atoms with Crippen molar-refractivity contribution in [2.45, 2.75) is 52.8 Å². The second-order valence-electron chi connectivity index (χ2n) is 7.62. The summed E-state index contributed by atoms with van der Waals surface area (Å²) in [5.74, 6) is 1.86. The molecular weight excluding hydrogens is 378 g/mol. The first-order chi connectivity index (χ1) is 13.1. The average Bonchev–Trinajstić information content (AvgIpc) is 3.15. The predicted molar refractivity (Wildman–Crippen MR) is 107 cm³/mol. The van der Waals surface area contributed by atoms with Gasteiger partial charge in [-0.05, 0) is 69.5 Å². The maximum absolute atomic E-state index is 13.2. The third kappa shape index (κ3) is 4.95. The molecule has 0 aliphatic carbocycles. The molecule has 6 nitrogen and oxygen atoms in total. The number of nitrogens with zero attached hydrogens (tertiary/aromatic N) is 1. The standard InChI is InChI=1S/C21H27NO5S/c1-14-9-15(2)11-20(10-14)27-17(4)21(23)22(12-19-6-5-16(3)26-19)18-7-8-28(24,25)13-18/h5-6,9-11,17-18H,7-8,12-13H2,1-4H3/t17-,18+/m0/s1. The van der Waals surface area contributed by atoms with Crippen LogP contribution in [-0.4, -0.2) is 42.9 Å². The van der Waals surface area contributed by atoms with Gasteiger partial charge < -0.3 is 14.1 Å². The summed E-state index contributed by atoms with van der Waals surface area (Å²) >= 11 is 0. The zero-order valence-electron chi connectivity index (χ0n) is 16.8. The van der Waals surface area contributed by atoms with Crippen LogP contribution < -0.4 is 4.74 Å². The molecule has 1 saturated heterocycles. The number of hydrogen-bond donors (Lipinski definition) is 0. The Bertz CT molecular complexity index is 943. The highest BCUT2D eigenvalue weighted by Crippen LogP contribution is 2.24. The van der Waals surface area contributed by atoms with Crippen molar-refractivity contribution in [3.63, 3.8) is 0 Å². The summed E-state index contributed by atoms with van der Waals surface area (Å²) in [6.45, 7) is 7.71. The molecule has 1 aromatic heterocycles. The van der Waals surface area contributed by atoms with Crippen LogP contribution in [0.4, 0.5) is 0 Å². The minimum Gasteiger partial charge on any atom is -0.481 e. The summed E-state index contributed by atoms with van der Waals surface area (Å²) in [4.78, 5) is 14.8. The van der Waals surface area contributed by atoms with E-state index in [2.05, 4.69) is 0 Å². The van der Waals surface area contributed by atoms with Gasteiger partial charge in [0.15, 0.2) is 15.9 Å². The van der Waals surface area contributed by atoms with Crippen LogP contribution in [0.1, 0.15) is 36.0 Å². The number of amides is 1. The molecule has 2 heterocycles. The summed E-state index contributed by atoms with van der Waals surface area (Å²) in [7, 11) is -3.12. The molecule has 1 fully saturated rings. The lowest BCUT2D eigenvalue weighted by molar-refractivity contribution is -0.141. The van der Waals surface area contributed by atoms with Gasteiger partial charge in [-0.2, -0.15) is 0 Å². The molecule has 1 aliphatic heterocycles. The summed E-state index contributed by atoms with van der Waals surface area (Å²) in [6.07, 6.45) is -0.301. The zero-order chi connectivity index (χ0) is 20.5. The van der Waals surface area contributed by atoms with Gasteiger partial charge in [0.2, 0.25) is 0 Å². The Kier molecular flexibility index (Phi) is 5.84. The van der Waals surface area contributed by atoms with Crippen molar-refractivity contribution in [2.75, 3.05) is 11.5 Å². The van der Waals surface area contributed by atoms with E-state index in [-0.39, 0.29) is 30.0 Å². The van der Waals surface area contributed by atoms with Crippen LogP contribution >= 0.6 is 0 Å².